The first-order valence-electron chi connectivity index (χ1n) is 6.91. The van der Waals surface area contributed by atoms with Gasteiger partial charge in [0.2, 0.25) is 0 Å². The number of allylic oxidation sites excluding steroid dienone is 2. The second-order valence-electron chi connectivity index (χ2n) is 5.25. The Kier molecular flexibility index (Phi) is 4.60. The van der Waals surface area contributed by atoms with E-state index in [4.69, 9.17) is 9.47 Å². The predicted molar refractivity (Wildman–Crippen MR) is 80.1 cm³/mol. The van der Waals surface area contributed by atoms with Gasteiger partial charge in [-0.2, -0.15) is 0 Å². The fourth-order valence-corrected chi connectivity index (χ4v) is 2.31. The molecule has 1 aliphatic rings. The van der Waals surface area contributed by atoms with Crippen LogP contribution in [0, 0.1) is 0 Å². The van der Waals surface area contributed by atoms with Crippen LogP contribution in [0.3, 0.4) is 0 Å². The molecular weight excluding hydrogens is 268 g/mol. The zero-order valence-electron chi connectivity index (χ0n) is 12.5. The minimum absolute atomic E-state index is 0.0196. The van der Waals surface area contributed by atoms with Crippen LogP contribution < -0.4 is 0 Å². The highest BCUT2D eigenvalue weighted by molar-refractivity contribution is 6.11. The van der Waals surface area contributed by atoms with Crippen LogP contribution in [-0.4, -0.2) is 29.9 Å². The summed E-state index contributed by atoms with van der Waals surface area (Å²) in [5, 5.41) is 10.2. The number of aliphatic hydroxyl groups is 1. The first kappa shape index (κ1) is 15.5. The molecular formula is C17H20O4. The van der Waals surface area contributed by atoms with E-state index in [9.17, 15) is 9.90 Å². The number of hydrogen-bond donors (Lipinski definition) is 1. The third kappa shape index (κ3) is 3.40. The highest BCUT2D eigenvalue weighted by Crippen LogP contribution is 2.32. The van der Waals surface area contributed by atoms with Gasteiger partial charge in [-0.05, 0) is 26.0 Å². The van der Waals surface area contributed by atoms with Gasteiger partial charge in [-0.25, -0.2) is 0 Å². The summed E-state index contributed by atoms with van der Waals surface area (Å²) in [5.41, 5.74) is 0.819. The molecule has 0 saturated heterocycles. The van der Waals surface area contributed by atoms with Gasteiger partial charge >= 0.3 is 0 Å². The standard InChI is InChI=1S/C17H20O4/c1-12(2)21-17(20-3)10-9-14(15(18)11-17)16(19)13-7-5-4-6-8-13/h4-10,12,18H,11H2,1-3H3. The van der Waals surface area contributed by atoms with Crippen molar-refractivity contribution in [1.82, 2.24) is 0 Å². The Hall–Kier alpha value is -1.91. The summed E-state index contributed by atoms with van der Waals surface area (Å²) >= 11 is 0. The normalized spacial score (nSPS) is 21.9. The molecule has 112 valence electrons. The van der Waals surface area contributed by atoms with Crippen molar-refractivity contribution < 1.29 is 19.4 Å². The van der Waals surface area contributed by atoms with Crippen LogP contribution in [0.1, 0.15) is 30.6 Å². The van der Waals surface area contributed by atoms with Gasteiger partial charge in [0.15, 0.2) is 11.6 Å². The maximum atomic E-state index is 12.4. The Morgan fingerprint density at radius 3 is 2.48 bits per heavy atom. The van der Waals surface area contributed by atoms with Crippen molar-refractivity contribution in [2.45, 2.75) is 32.2 Å². The maximum Gasteiger partial charge on any atom is 0.196 e. The summed E-state index contributed by atoms with van der Waals surface area (Å²) in [6.45, 7) is 3.78. The van der Waals surface area contributed by atoms with Gasteiger partial charge in [-0.1, -0.05) is 30.3 Å². The van der Waals surface area contributed by atoms with Crippen molar-refractivity contribution in [3.05, 3.63) is 59.4 Å². The van der Waals surface area contributed by atoms with Crippen molar-refractivity contribution in [1.29, 1.82) is 0 Å². The zero-order chi connectivity index (χ0) is 15.5. The zero-order valence-corrected chi connectivity index (χ0v) is 12.5. The molecule has 0 radical (unpaired) electrons. The van der Waals surface area contributed by atoms with Gasteiger partial charge in [-0.3, -0.25) is 4.79 Å². The average Bonchev–Trinajstić information content (AvgIpc) is 2.47. The smallest absolute Gasteiger partial charge is 0.196 e. The molecule has 1 unspecified atom stereocenters. The Morgan fingerprint density at radius 1 is 1.29 bits per heavy atom. The molecule has 2 rings (SSSR count). The highest BCUT2D eigenvalue weighted by atomic mass is 16.7. The van der Waals surface area contributed by atoms with Crippen molar-refractivity contribution in [2.75, 3.05) is 7.11 Å². The molecule has 0 saturated carbocycles. The molecule has 1 N–H and O–H groups in total. The molecule has 0 heterocycles. The predicted octanol–water partition coefficient (Wildman–Crippen LogP) is 3.41. The van der Waals surface area contributed by atoms with Crippen molar-refractivity contribution >= 4 is 5.78 Å². The number of ether oxygens (including phenoxy) is 2. The molecule has 0 aromatic heterocycles. The average molecular weight is 288 g/mol. The monoisotopic (exact) mass is 288 g/mol. The van der Waals surface area contributed by atoms with Crippen LogP contribution in [0.25, 0.3) is 0 Å². The molecule has 4 heteroatoms. The SMILES string of the molecule is COC1(OC(C)C)C=CC(C(=O)c2ccccc2)=C(O)C1. The van der Waals surface area contributed by atoms with Crippen LogP contribution >= 0.6 is 0 Å². The summed E-state index contributed by atoms with van der Waals surface area (Å²) in [5.74, 6) is -1.24. The molecule has 0 amide bonds. The van der Waals surface area contributed by atoms with Gasteiger partial charge in [0.25, 0.3) is 0 Å². The number of rotatable bonds is 5. The van der Waals surface area contributed by atoms with E-state index >= 15 is 0 Å². The Labute approximate surface area is 124 Å². The number of benzene rings is 1. The molecule has 0 spiro atoms. The summed E-state index contributed by atoms with van der Waals surface area (Å²) < 4.78 is 11.1. The number of Topliss-reactive ketones (excluding diaryl/α,β-unsaturated/α-hetero) is 1. The largest absolute Gasteiger partial charge is 0.511 e. The van der Waals surface area contributed by atoms with E-state index < -0.39 is 5.79 Å². The minimum atomic E-state index is -1.02. The first-order valence-corrected chi connectivity index (χ1v) is 6.91. The second kappa shape index (κ2) is 6.24. The van der Waals surface area contributed by atoms with Crippen LogP contribution in [0.2, 0.25) is 0 Å². The third-order valence-electron chi connectivity index (χ3n) is 3.29. The van der Waals surface area contributed by atoms with E-state index in [1.54, 1.807) is 36.4 Å². The van der Waals surface area contributed by atoms with Crippen molar-refractivity contribution in [3.63, 3.8) is 0 Å². The topological polar surface area (TPSA) is 55.8 Å². The molecule has 0 fully saturated rings. The van der Waals surface area contributed by atoms with Crippen LogP contribution in [-0.2, 0) is 9.47 Å². The van der Waals surface area contributed by atoms with E-state index in [0.717, 1.165) is 0 Å². The number of aliphatic hydroxyl groups excluding tert-OH is 1. The lowest BCUT2D eigenvalue weighted by molar-refractivity contribution is -0.210. The van der Waals surface area contributed by atoms with Gasteiger partial charge in [0.05, 0.1) is 18.1 Å². The van der Waals surface area contributed by atoms with E-state index in [-0.39, 0.29) is 29.6 Å². The lowest BCUT2D eigenvalue weighted by Crippen LogP contribution is -2.37. The first-order chi connectivity index (χ1) is 9.97. The molecule has 1 aliphatic carbocycles. The van der Waals surface area contributed by atoms with Crippen LogP contribution in [0.4, 0.5) is 0 Å². The summed E-state index contributed by atoms with van der Waals surface area (Å²) in [7, 11) is 1.52. The number of ketones is 1. The number of carbonyl (C=O) groups excluding carboxylic acids is 1. The maximum absolute atomic E-state index is 12.4. The molecule has 21 heavy (non-hydrogen) atoms. The fraction of sp³-hybridized carbons (Fsp3) is 0.353. The number of carbonyl (C=O) groups is 1. The van der Waals surface area contributed by atoms with Crippen molar-refractivity contribution in [3.8, 4) is 0 Å². The van der Waals surface area contributed by atoms with E-state index in [2.05, 4.69) is 0 Å². The summed E-state index contributed by atoms with van der Waals surface area (Å²) in [4.78, 5) is 12.4. The van der Waals surface area contributed by atoms with E-state index in [1.807, 2.05) is 19.9 Å². The van der Waals surface area contributed by atoms with Gasteiger partial charge in [0.1, 0.15) is 5.76 Å². The molecule has 0 bridgehead atoms. The Morgan fingerprint density at radius 2 is 1.95 bits per heavy atom. The third-order valence-corrected chi connectivity index (χ3v) is 3.29. The Bertz CT molecular complexity index is 572. The van der Waals surface area contributed by atoms with Gasteiger partial charge < -0.3 is 14.6 Å². The molecule has 0 aliphatic heterocycles. The van der Waals surface area contributed by atoms with Gasteiger partial charge in [0, 0.05) is 12.7 Å². The highest BCUT2D eigenvalue weighted by Gasteiger charge is 2.35. The molecule has 4 nitrogen and oxygen atoms in total. The van der Waals surface area contributed by atoms with Gasteiger partial charge in [-0.15, -0.1) is 0 Å². The van der Waals surface area contributed by atoms with Crippen LogP contribution in [0.5, 0.6) is 0 Å². The molecule has 1 atom stereocenters. The molecule has 1 aromatic carbocycles. The quantitative estimate of drug-likeness (QED) is 0.666. The lowest BCUT2D eigenvalue weighted by Gasteiger charge is -2.33. The fourth-order valence-electron chi connectivity index (χ4n) is 2.31. The van der Waals surface area contributed by atoms with E-state index in [1.165, 1.54) is 7.11 Å². The summed E-state index contributed by atoms with van der Waals surface area (Å²) in [6, 6.07) is 8.87. The van der Waals surface area contributed by atoms with Crippen molar-refractivity contribution in [2.24, 2.45) is 0 Å². The Balaban J connectivity index is 2.25. The lowest BCUT2D eigenvalue weighted by atomic mass is 9.94. The van der Waals surface area contributed by atoms with E-state index in [0.29, 0.717) is 5.56 Å². The number of methoxy groups -OCH3 is 1. The molecule has 1 aromatic rings. The second-order valence-corrected chi connectivity index (χ2v) is 5.25. The number of hydrogen-bond acceptors (Lipinski definition) is 4. The van der Waals surface area contributed by atoms with Crippen LogP contribution in [0.15, 0.2) is 53.8 Å². The minimum Gasteiger partial charge on any atom is -0.511 e. The summed E-state index contributed by atoms with van der Waals surface area (Å²) in [6.07, 6.45) is 3.31.